The summed E-state index contributed by atoms with van der Waals surface area (Å²) in [5.41, 5.74) is 9.53. The number of para-hydroxylation sites is 1. The fourth-order valence-corrected chi connectivity index (χ4v) is 5.93. The standard InChI is InChI=1S/C23H26N2O4S2/c1-5-15-9-7-8-14(3)19(15)25-23-22(31(27,28)6-2)18(24)21(30-23)20(26)16-10-12-17(29-4)13-11-16/h7-13,25H,5-6,24H2,1-4H3. The summed E-state index contributed by atoms with van der Waals surface area (Å²) in [6.45, 7) is 5.55. The van der Waals surface area contributed by atoms with Crippen LogP contribution in [0, 0.1) is 6.92 Å². The highest BCUT2D eigenvalue weighted by atomic mass is 32.2. The van der Waals surface area contributed by atoms with Gasteiger partial charge in [-0.2, -0.15) is 0 Å². The zero-order chi connectivity index (χ0) is 22.8. The van der Waals surface area contributed by atoms with Crippen molar-refractivity contribution in [3.63, 3.8) is 0 Å². The van der Waals surface area contributed by atoms with E-state index in [1.807, 2.05) is 32.0 Å². The molecular weight excluding hydrogens is 432 g/mol. The number of carbonyl (C=O) groups is 1. The molecule has 0 atom stereocenters. The molecule has 0 spiro atoms. The summed E-state index contributed by atoms with van der Waals surface area (Å²) >= 11 is 1.07. The molecule has 2 aromatic carbocycles. The number of nitrogens with one attached hydrogen (secondary N) is 1. The predicted octanol–water partition coefficient (Wildman–Crippen LogP) is 4.98. The molecule has 0 unspecified atom stereocenters. The molecule has 1 aromatic heterocycles. The third kappa shape index (κ3) is 4.45. The summed E-state index contributed by atoms with van der Waals surface area (Å²) in [7, 11) is -2.12. The molecule has 0 saturated carbocycles. The Morgan fingerprint density at radius 3 is 2.39 bits per heavy atom. The molecular formula is C23H26N2O4S2. The summed E-state index contributed by atoms with van der Waals surface area (Å²) < 4.78 is 30.9. The first-order valence-electron chi connectivity index (χ1n) is 9.92. The Labute approximate surface area is 187 Å². The van der Waals surface area contributed by atoms with Crippen LogP contribution in [0.1, 0.15) is 40.2 Å². The number of hydrogen-bond acceptors (Lipinski definition) is 7. The van der Waals surface area contributed by atoms with E-state index in [2.05, 4.69) is 5.32 Å². The molecule has 31 heavy (non-hydrogen) atoms. The largest absolute Gasteiger partial charge is 0.497 e. The second-order valence-corrected chi connectivity index (χ2v) is 10.3. The van der Waals surface area contributed by atoms with E-state index in [1.54, 1.807) is 38.3 Å². The van der Waals surface area contributed by atoms with Crippen molar-refractivity contribution in [1.29, 1.82) is 0 Å². The minimum absolute atomic E-state index is 0.0119. The van der Waals surface area contributed by atoms with E-state index in [4.69, 9.17) is 10.5 Å². The molecule has 1 heterocycles. The highest BCUT2D eigenvalue weighted by Gasteiger charge is 2.29. The molecule has 8 heteroatoms. The number of aryl methyl sites for hydroxylation is 2. The molecule has 0 fully saturated rings. The number of methoxy groups -OCH3 is 1. The number of nitrogen functional groups attached to an aromatic ring is 1. The van der Waals surface area contributed by atoms with Crippen LogP contribution in [0.25, 0.3) is 0 Å². The molecule has 3 rings (SSSR count). The smallest absolute Gasteiger partial charge is 0.205 e. The molecule has 0 saturated heterocycles. The van der Waals surface area contributed by atoms with Crippen molar-refractivity contribution < 1.29 is 17.9 Å². The van der Waals surface area contributed by atoms with Crippen molar-refractivity contribution in [1.82, 2.24) is 0 Å². The van der Waals surface area contributed by atoms with Gasteiger partial charge in [0, 0.05) is 11.3 Å². The van der Waals surface area contributed by atoms with Crippen molar-refractivity contribution in [2.75, 3.05) is 23.9 Å². The summed E-state index contributed by atoms with van der Waals surface area (Å²) in [4.78, 5) is 13.3. The van der Waals surface area contributed by atoms with Crippen LogP contribution in [0.15, 0.2) is 47.4 Å². The molecule has 0 amide bonds. The normalized spacial score (nSPS) is 11.4. The van der Waals surface area contributed by atoms with Crippen LogP contribution in [0.3, 0.4) is 0 Å². The molecule has 3 N–H and O–H groups in total. The number of rotatable bonds is 8. The lowest BCUT2D eigenvalue weighted by atomic mass is 10.1. The molecule has 0 aliphatic carbocycles. The van der Waals surface area contributed by atoms with Crippen LogP contribution >= 0.6 is 11.3 Å². The van der Waals surface area contributed by atoms with Crippen molar-refractivity contribution >= 4 is 43.3 Å². The number of anilines is 3. The maximum Gasteiger partial charge on any atom is 0.205 e. The van der Waals surface area contributed by atoms with E-state index in [0.717, 1.165) is 34.6 Å². The van der Waals surface area contributed by atoms with Gasteiger partial charge in [0.05, 0.1) is 18.6 Å². The number of thiophene rings is 1. The van der Waals surface area contributed by atoms with Gasteiger partial charge in [-0.05, 0) is 48.7 Å². The summed E-state index contributed by atoms with van der Waals surface area (Å²) in [5.74, 6) is 0.179. The second kappa shape index (κ2) is 9.11. The highest BCUT2D eigenvalue weighted by Crippen LogP contribution is 2.43. The first-order chi connectivity index (χ1) is 14.7. The predicted molar refractivity (Wildman–Crippen MR) is 127 cm³/mol. The second-order valence-electron chi connectivity index (χ2n) is 7.05. The molecule has 0 aliphatic rings. The number of benzene rings is 2. The Kier molecular flexibility index (Phi) is 6.71. The van der Waals surface area contributed by atoms with Gasteiger partial charge in [-0.25, -0.2) is 8.42 Å². The van der Waals surface area contributed by atoms with Crippen molar-refractivity contribution in [2.24, 2.45) is 0 Å². The van der Waals surface area contributed by atoms with Crippen LogP contribution < -0.4 is 15.8 Å². The zero-order valence-corrected chi connectivity index (χ0v) is 19.6. The van der Waals surface area contributed by atoms with Crippen LogP contribution in [0.4, 0.5) is 16.4 Å². The van der Waals surface area contributed by atoms with Crippen LogP contribution in [0.2, 0.25) is 0 Å². The van der Waals surface area contributed by atoms with Gasteiger partial charge in [-0.15, -0.1) is 11.3 Å². The summed E-state index contributed by atoms with van der Waals surface area (Å²) in [6.07, 6.45) is 0.776. The minimum Gasteiger partial charge on any atom is -0.497 e. The van der Waals surface area contributed by atoms with E-state index >= 15 is 0 Å². The van der Waals surface area contributed by atoms with E-state index in [-0.39, 0.29) is 27.0 Å². The molecule has 0 bridgehead atoms. The summed E-state index contributed by atoms with van der Waals surface area (Å²) in [5, 5.41) is 3.64. The maximum absolute atomic E-state index is 13.2. The van der Waals surface area contributed by atoms with Gasteiger partial charge >= 0.3 is 0 Å². The van der Waals surface area contributed by atoms with E-state index < -0.39 is 9.84 Å². The topological polar surface area (TPSA) is 98.5 Å². The lowest BCUT2D eigenvalue weighted by Gasteiger charge is -2.14. The van der Waals surface area contributed by atoms with Gasteiger partial charge in [-0.1, -0.05) is 32.0 Å². The first-order valence-corrected chi connectivity index (χ1v) is 12.4. The van der Waals surface area contributed by atoms with E-state index in [9.17, 15) is 13.2 Å². The van der Waals surface area contributed by atoms with E-state index in [0.29, 0.717) is 16.3 Å². The average Bonchev–Trinajstić information content (AvgIpc) is 3.11. The number of ketones is 1. The molecule has 164 valence electrons. The lowest BCUT2D eigenvalue weighted by molar-refractivity contribution is 0.104. The highest BCUT2D eigenvalue weighted by molar-refractivity contribution is 7.92. The Balaban J connectivity index is 2.15. The Bertz CT molecular complexity index is 1210. The monoisotopic (exact) mass is 458 g/mol. The minimum atomic E-state index is -3.67. The SMILES string of the molecule is CCc1cccc(C)c1Nc1sc(C(=O)c2ccc(OC)cc2)c(N)c1S(=O)(=O)CC. The van der Waals surface area contributed by atoms with Gasteiger partial charge in [0.1, 0.15) is 20.5 Å². The molecule has 0 radical (unpaired) electrons. The van der Waals surface area contributed by atoms with Gasteiger partial charge in [0.2, 0.25) is 5.78 Å². The number of hydrogen-bond donors (Lipinski definition) is 2. The Morgan fingerprint density at radius 2 is 1.81 bits per heavy atom. The Morgan fingerprint density at radius 1 is 1.13 bits per heavy atom. The third-order valence-corrected chi connectivity index (χ3v) is 8.18. The fourth-order valence-electron chi connectivity index (χ4n) is 3.32. The first kappa shape index (κ1) is 22.8. The van der Waals surface area contributed by atoms with Gasteiger partial charge < -0.3 is 15.8 Å². The average molecular weight is 459 g/mol. The number of ether oxygens (including phenoxy) is 1. The zero-order valence-electron chi connectivity index (χ0n) is 18.0. The quantitative estimate of drug-likeness (QED) is 0.462. The van der Waals surface area contributed by atoms with Crippen molar-refractivity contribution in [3.05, 3.63) is 64.0 Å². The van der Waals surface area contributed by atoms with Gasteiger partial charge in [0.15, 0.2) is 9.84 Å². The van der Waals surface area contributed by atoms with Crippen LogP contribution in [0.5, 0.6) is 5.75 Å². The van der Waals surface area contributed by atoms with Crippen LogP contribution in [-0.4, -0.2) is 27.1 Å². The summed E-state index contributed by atoms with van der Waals surface area (Å²) in [6, 6.07) is 12.5. The molecule has 3 aromatic rings. The number of nitrogens with two attached hydrogens (primary N) is 1. The molecule has 6 nitrogen and oxygen atoms in total. The Hall–Kier alpha value is -2.84. The van der Waals surface area contributed by atoms with Crippen LogP contribution in [-0.2, 0) is 16.3 Å². The number of sulfone groups is 1. The lowest BCUT2D eigenvalue weighted by Crippen LogP contribution is -2.10. The van der Waals surface area contributed by atoms with Crippen molar-refractivity contribution in [2.45, 2.75) is 32.1 Å². The van der Waals surface area contributed by atoms with Gasteiger partial charge in [0.25, 0.3) is 0 Å². The fraction of sp³-hybridized carbons (Fsp3) is 0.261. The maximum atomic E-state index is 13.2. The molecule has 0 aliphatic heterocycles. The van der Waals surface area contributed by atoms with Gasteiger partial charge in [-0.3, -0.25) is 4.79 Å². The third-order valence-electron chi connectivity index (χ3n) is 5.13. The number of carbonyl (C=O) groups excluding carboxylic acids is 1. The van der Waals surface area contributed by atoms with Crippen molar-refractivity contribution in [3.8, 4) is 5.75 Å². The van der Waals surface area contributed by atoms with E-state index in [1.165, 1.54) is 0 Å².